The van der Waals surface area contributed by atoms with Crippen molar-refractivity contribution in [2.24, 2.45) is 12.1 Å². The van der Waals surface area contributed by atoms with Gasteiger partial charge in [-0.15, -0.1) is 0 Å². The molecule has 0 fully saturated rings. The van der Waals surface area contributed by atoms with Crippen LogP contribution in [0.2, 0.25) is 0 Å². The molecule has 1 aromatic heterocycles. The van der Waals surface area contributed by atoms with Crippen LogP contribution in [-0.2, 0) is 18.3 Å². The Hall–Kier alpha value is -2.63. The van der Waals surface area contributed by atoms with E-state index in [0.717, 1.165) is 12.0 Å². The fraction of sp³-hybridized carbons (Fsp3) is 0.267. The summed E-state index contributed by atoms with van der Waals surface area (Å²) in [4.78, 5) is 11.6. The van der Waals surface area contributed by atoms with Gasteiger partial charge in [-0.05, 0) is 24.1 Å². The number of hydrogen-bond acceptors (Lipinski definition) is 4. The van der Waals surface area contributed by atoms with Crippen LogP contribution < -0.4 is 10.2 Å². The number of carbonyl (C=O) groups is 1. The van der Waals surface area contributed by atoms with Crippen molar-refractivity contribution in [3.63, 3.8) is 0 Å². The predicted molar refractivity (Wildman–Crippen MR) is 80.3 cm³/mol. The van der Waals surface area contributed by atoms with Gasteiger partial charge in [-0.25, -0.2) is 5.43 Å². The standard InChI is InChI=1S/C15H18N4O2/c1-3-12-4-6-14(7-5-12)21-11-15(20)18-16-8-13-9-17-19(2)10-13/h4-10H,3,11H2,1-2H3,(H,18,20). The summed E-state index contributed by atoms with van der Waals surface area (Å²) in [5.74, 6) is 0.355. The first kappa shape index (κ1) is 14.8. The maximum atomic E-state index is 11.6. The van der Waals surface area contributed by atoms with Gasteiger partial charge in [-0.1, -0.05) is 19.1 Å². The highest BCUT2D eigenvalue weighted by Crippen LogP contribution is 2.12. The first-order valence-corrected chi connectivity index (χ1v) is 6.69. The second-order valence-electron chi connectivity index (χ2n) is 4.53. The van der Waals surface area contributed by atoms with Crippen molar-refractivity contribution in [2.75, 3.05) is 6.61 Å². The number of rotatable bonds is 6. The van der Waals surface area contributed by atoms with Crippen LogP contribution in [0.4, 0.5) is 0 Å². The number of nitrogens with zero attached hydrogens (tertiary/aromatic N) is 3. The quantitative estimate of drug-likeness (QED) is 0.646. The third-order valence-corrected chi connectivity index (χ3v) is 2.83. The second-order valence-corrected chi connectivity index (χ2v) is 4.53. The van der Waals surface area contributed by atoms with E-state index in [1.165, 1.54) is 11.8 Å². The van der Waals surface area contributed by atoms with E-state index in [1.54, 1.807) is 17.1 Å². The monoisotopic (exact) mass is 286 g/mol. The fourth-order valence-electron chi connectivity index (χ4n) is 1.69. The van der Waals surface area contributed by atoms with Gasteiger partial charge in [-0.3, -0.25) is 9.48 Å². The number of aryl methyl sites for hydroxylation is 2. The lowest BCUT2D eigenvalue weighted by molar-refractivity contribution is -0.123. The van der Waals surface area contributed by atoms with Crippen molar-refractivity contribution < 1.29 is 9.53 Å². The molecule has 0 bridgehead atoms. The summed E-state index contributed by atoms with van der Waals surface area (Å²) in [6.45, 7) is 2.01. The maximum absolute atomic E-state index is 11.6. The van der Waals surface area contributed by atoms with E-state index < -0.39 is 0 Å². The minimum Gasteiger partial charge on any atom is -0.484 e. The summed E-state index contributed by atoms with van der Waals surface area (Å²) in [6.07, 6.45) is 5.95. The van der Waals surface area contributed by atoms with Gasteiger partial charge in [0, 0.05) is 18.8 Å². The first-order valence-electron chi connectivity index (χ1n) is 6.69. The molecule has 0 aliphatic heterocycles. The van der Waals surface area contributed by atoms with Crippen molar-refractivity contribution in [3.05, 3.63) is 47.8 Å². The van der Waals surface area contributed by atoms with Gasteiger partial charge < -0.3 is 4.74 Å². The third-order valence-electron chi connectivity index (χ3n) is 2.83. The second kappa shape index (κ2) is 7.23. The Bertz CT molecular complexity index is 617. The number of carbonyl (C=O) groups excluding carboxylic acids is 1. The Balaban J connectivity index is 1.75. The summed E-state index contributed by atoms with van der Waals surface area (Å²) < 4.78 is 7.03. The van der Waals surface area contributed by atoms with Crippen LogP contribution in [-0.4, -0.2) is 28.5 Å². The third kappa shape index (κ3) is 4.76. The van der Waals surface area contributed by atoms with Crippen molar-refractivity contribution in [1.29, 1.82) is 0 Å². The number of hydrogen-bond donors (Lipinski definition) is 1. The predicted octanol–water partition coefficient (Wildman–Crippen LogP) is 1.51. The summed E-state index contributed by atoms with van der Waals surface area (Å²) in [5.41, 5.74) is 4.44. The summed E-state index contributed by atoms with van der Waals surface area (Å²) in [5, 5.41) is 7.83. The molecule has 0 aliphatic rings. The van der Waals surface area contributed by atoms with E-state index in [-0.39, 0.29) is 12.5 Å². The number of nitrogens with one attached hydrogen (secondary N) is 1. The fourth-order valence-corrected chi connectivity index (χ4v) is 1.69. The average Bonchev–Trinajstić information content (AvgIpc) is 2.91. The summed E-state index contributed by atoms with van der Waals surface area (Å²) >= 11 is 0. The van der Waals surface area contributed by atoms with Gasteiger partial charge in [0.1, 0.15) is 5.75 Å². The molecule has 2 rings (SSSR count). The molecule has 1 heterocycles. The highest BCUT2D eigenvalue weighted by molar-refractivity contribution is 5.82. The Kier molecular flexibility index (Phi) is 5.09. The summed E-state index contributed by atoms with van der Waals surface area (Å²) in [7, 11) is 1.81. The SMILES string of the molecule is CCc1ccc(OCC(=O)NN=Cc2cnn(C)c2)cc1. The van der Waals surface area contributed by atoms with E-state index in [0.29, 0.717) is 5.75 Å². The van der Waals surface area contributed by atoms with Gasteiger partial charge in [-0.2, -0.15) is 10.2 Å². The molecule has 0 saturated carbocycles. The molecule has 0 aliphatic carbocycles. The lowest BCUT2D eigenvalue weighted by atomic mass is 10.2. The average molecular weight is 286 g/mol. The Morgan fingerprint density at radius 1 is 1.43 bits per heavy atom. The smallest absolute Gasteiger partial charge is 0.277 e. The minimum absolute atomic E-state index is 0.0736. The van der Waals surface area contributed by atoms with Crippen LogP contribution in [0.1, 0.15) is 18.1 Å². The van der Waals surface area contributed by atoms with E-state index >= 15 is 0 Å². The van der Waals surface area contributed by atoms with Crippen molar-refractivity contribution >= 4 is 12.1 Å². The van der Waals surface area contributed by atoms with Gasteiger partial charge in [0.15, 0.2) is 6.61 Å². The van der Waals surface area contributed by atoms with Crippen LogP contribution in [0.15, 0.2) is 41.8 Å². The Morgan fingerprint density at radius 2 is 2.19 bits per heavy atom. The van der Waals surface area contributed by atoms with Gasteiger partial charge in [0.2, 0.25) is 0 Å². The number of benzene rings is 1. The zero-order valence-corrected chi connectivity index (χ0v) is 12.1. The van der Waals surface area contributed by atoms with Crippen molar-refractivity contribution in [3.8, 4) is 5.75 Å². The zero-order valence-electron chi connectivity index (χ0n) is 12.1. The molecule has 0 unspecified atom stereocenters. The zero-order chi connectivity index (χ0) is 15.1. The number of hydrazone groups is 1. The van der Waals surface area contributed by atoms with Crippen LogP contribution >= 0.6 is 0 Å². The molecule has 6 heteroatoms. The largest absolute Gasteiger partial charge is 0.484 e. The Labute approximate surface area is 123 Å². The molecule has 1 N–H and O–H groups in total. The molecule has 2 aromatic rings. The molecule has 6 nitrogen and oxygen atoms in total. The van der Waals surface area contributed by atoms with Gasteiger partial charge in [0.05, 0.1) is 12.4 Å². The van der Waals surface area contributed by atoms with Crippen molar-refractivity contribution in [1.82, 2.24) is 15.2 Å². The van der Waals surface area contributed by atoms with Crippen LogP contribution in [0.3, 0.4) is 0 Å². The summed E-state index contributed by atoms with van der Waals surface area (Å²) in [6, 6.07) is 7.66. The van der Waals surface area contributed by atoms with E-state index in [1.807, 2.05) is 31.3 Å². The van der Waals surface area contributed by atoms with Crippen LogP contribution in [0, 0.1) is 0 Å². The van der Waals surface area contributed by atoms with E-state index in [2.05, 4.69) is 22.5 Å². The highest BCUT2D eigenvalue weighted by atomic mass is 16.5. The minimum atomic E-state index is -0.310. The molecule has 110 valence electrons. The van der Waals surface area contributed by atoms with Gasteiger partial charge >= 0.3 is 0 Å². The molecule has 1 aromatic carbocycles. The normalized spacial score (nSPS) is 10.8. The van der Waals surface area contributed by atoms with Gasteiger partial charge in [0.25, 0.3) is 5.91 Å². The van der Waals surface area contributed by atoms with E-state index in [9.17, 15) is 4.79 Å². The molecular weight excluding hydrogens is 268 g/mol. The molecular formula is C15H18N4O2. The first-order chi connectivity index (χ1) is 10.2. The lowest BCUT2D eigenvalue weighted by Crippen LogP contribution is -2.24. The number of ether oxygens (including phenoxy) is 1. The van der Waals surface area contributed by atoms with Crippen molar-refractivity contribution in [2.45, 2.75) is 13.3 Å². The molecule has 1 amide bonds. The number of amides is 1. The molecule has 21 heavy (non-hydrogen) atoms. The molecule has 0 radical (unpaired) electrons. The van der Waals surface area contributed by atoms with Crippen LogP contribution in [0.25, 0.3) is 0 Å². The maximum Gasteiger partial charge on any atom is 0.277 e. The molecule has 0 atom stereocenters. The molecule has 0 spiro atoms. The molecule has 0 saturated heterocycles. The Morgan fingerprint density at radius 3 is 2.81 bits per heavy atom. The highest BCUT2D eigenvalue weighted by Gasteiger charge is 2.01. The number of aromatic nitrogens is 2. The lowest BCUT2D eigenvalue weighted by Gasteiger charge is -2.05. The van der Waals surface area contributed by atoms with E-state index in [4.69, 9.17) is 4.74 Å². The topological polar surface area (TPSA) is 68.5 Å². The van der Waals surface area contributed by atoms with Crippen LogP contribution in [0.5, 0.6) is 5.75 Å².